The Balaban J connectivity index is 1.01. The van der Waals surface area contributed by atoms with Crippen LogP contribution in [0.15, 0.2) is 57.3 Å². The number of carbonyl (C=O) groups is 1. The molecule has 0 bridgehead atoms. The maximum absolute atomic E-state index is 13.2. The smallest absolute Gasteiger partial charge is 0.226 e. The lowest BCUT2D eigenvalue weighted by Crippen LogP contribution is -2.49. The highest BCUT2D eigenvalue weighted by Crippen LogP contribution is 2.60. The number of piperidine rings is 1. The van der Waals surface area contributed by atoms with Crippen LogP contribution < -0.4 is 5.43 Å². The third-order valence-electron chi connectivity index (χ3n) is 8.13. The first kappa shape index (κ1) is 22.0. The van der Waals surface area contributed by atoms with Crippen LogP contribution in [0.3, 0.4) is 0 Å². The quantitative estimate of drug-likeness (QED) is 0.560. The van der Waals surface area contributed by atoms with Crippen LogP contribution in [-0.4, -0.2) is 59.9 Å². The van der Waals surface area contributed by atoms with Gasteiger partial charge in [-0.05, 0) is 61.3 Å². The van der Waals surface area contributed by atoms with Crippen molar-refractivity contribution < 1.29 is 9.21 Å². The molecule has 1 amide bonds. The van der Waals surface area contributed by atoms with Crippen molar-refractivity contribution in [3.8, 4) is 0 Å². The van der Waals surface area contributed by atoms with Crippen molar-refractivity contribution in [2.75, 3.05) is 39.3 Å². The summed E-state index contributed by atoms with van der Waals surface area (Å²) in [6.07, 6.45) is 4.74. The van der Waals surface area contributed by atoms with E-state index in [9.17, 15) is 9.59 Å². The molecule has 2 saturated heterocycles. The standard InChI is InChI=1S/C27H31N3O3S/c31-25-20(19-33-24-6-2-1-5-22(24)25)17-28-9-7-27(8-10-28)16-23(27)26(32)30-13-11-29(12-14-30)18-21-4-3-15-34-21/h1-6,15,19,23H,7-14,16-18H2. The topological polar surface area (TPSA) is 57.0 Å². The number of benzene rings is 1. The number of hydrogen-bond acceptors (Lipinski definition) is 6. The fourth-order valence-electron chi connectivity index (χ4n) is 5.84. The van der Waals surface area contributed by atoms with Gasteiger partial charge in [0.1, 0.15) is 5.58 Å². The molecule has 178 valence electrons. The van der Waals surface area contributed by atoms with Crippen LogP contribution in [0.4, 0.5) is 0 Å². The lowest BCUT2D eigenvalue weighted by atomic mass is 9.90. The Morgan fingerprint density at radius 3 is 2.50 bits per heavy atom. The first-order valence-corrected chi connectivity index (χ1v) is 13.2. The number of fused-ring (bicyclic) bond motifs is 1. The van der Waals surface area contributed by atoms with E-state index in [1.165, 1.54) is 4.88 Å². The molecule has 4 heterocycles. The average molecular weight is 478 g/mol. The number of hydrogen-bond donors (Lipinski definition) is 0. The van der Waals surface area contributed by atoms with E-state index in [-0.39, 0.29) is 16.8 Å². The first-order valence-electron chi connectivity index (χ1n) is 12.4. The van der Waals surface area contributed by atoms with Gasteiger partial charge in [0.15, 0.2) is 5.43 Å². The zero-order valence-corrected chi connectivity index (χ0v) is 20.3. The van der Waals surface area contributed by atoms with Gasteiger partial charge in [-0.1, -0.05) is 18.2 Å². The molecule has 1 unspecified atom stereocenters. The monoisotopic (exact) mass is 477 g/mol. The largest absolute Gasteiger partial charge is 0.464 e. The number of piperazine rings is 1. The van der Waals surface area contributed by atoms with Crippen molar-refractivity contribution in [2.45, 2.75) is 32.4 Å². The Labute approximate surface area is 203 Å². The molecule has 1 aliphatic carbocycles. The van der Waals surface area contributed by atoms with Crippen LogP contribution in [0.5, 0.6) is 0 Å². The SMILES string of the molecule is O=C(C1CC12CCN(Cc1coc3ccccc3c1=O)CC2)N1CCN(Cc2cccs2)CC1. The van der Waals surface area contributed by atoms with Crippen molar-refractivity contribution >= 4 is 28.2 Å². The molecule has 1 saturated carbocycles. The maximum Gasteiger partial charge on any atom is 0.226 e. The molecular formula is C27H31N3O3S. The maximum atomic E-state index is 13.2. The Kier molecular flexibility index (Phi) is 5.79. The molecule has 6 rings (SSSR count). The summed E-state index contributed by atoms with van der Waals surface area (Å²) in [5, 5.41) is 2.78. The van der Waals surface area contributed by atoms with E-state index in [0.29, 0.717) is 23.4 Å². The van der Waals surface area contributed by atoms with Gasteiger partial charge in [0.2, 0.25) is 5.91 Å². The lowest BCUT2D eigenvalue weighted by molar-refractivity contribution is -0.135. The van der Waals surface area contributed by atoms with E-state index in [2.05, 4.69) is 32.2 Å². The summed E-state index contributed by atoms with van der Waals surface area (Å²) in [5.74, 6) is 0.573. The summed E-state index contributed by atoms with van der Waals surface area (Å²) in [6.45, 7) is 7.11. The van der Waals surface area contributed by atoms with Gasteiger partial charge in [-0.3, -0.25) is 19.4 Å². The third kappa shape index (κ3) is 4.21. The molecule has 3 aromatic rings. The molecule has 7 heteroatoms. The number of nitrogens with zero attached hydrogens (tertiary/aromatic N) is 3. The number of likely N-dealkylation sites (tertiary alicyclic amines) is 1. The second-order valence-corrected chi connectivity index (χ2v) is 11.2. The van der Waals surface area contributed by atoms with Crippen molar-refractivity contribution in [3.63, 3.8) is 0 Å². The van der Waals surface area contributed by atoms with Crippen LogP contribution >= 0.6 is 11.3 Å². The van der Waals surface area contributed by atoms with Gasteiger partial charge in [0, 0.05) is 55.6 Å². The summed E-state index contributed by atoms with van der Waals surface area (Å²) in [4.78, 5) is 34.4. The molecule has 1 atom stereocenters. The molecule has 6 nitrogen and oxygen atoms in total. The number of thiophene rings is 1. The predicted octanol–water partition coefficient (Wildman–Crippen LogP) is 3.80. The molecule has 2 aliphatic heterocycles. The van der Waals surface area contributed by atoms with Gasteiger partial charge in [-0.2, -0.15) is 0 Å². The van der Waals surface area contributed by atoms with E-state index in [4.69, 9.17) is 4.42 Å². The Hall–Kier alpha value is -2.48. The van der Waals surface area contributed by atoms with Crippen LogP contribution in [0, 0.1) is 11.3 Å². The minimum absolute atomic E-state index is 0.0693. The first-order chi connectivity index (χ1) is 16.6. The molecule has 0 N–H and O–H groups in total. The van der Waals surface area contributed by atoms with Gasteiger partial charge in [-0.15, -0.1) is 11.3 Å². The van der Waals surface area contributed by atoms with Crippen molar-refractivity contribution in [3.05, 3.63) is 68.7 Å². The highest BCUT2D eigenvalue weighted by Gasteiger charge is 2.59. The van der Waals surface area contributed by atoms with Crippen LogP contribution in [-0.2, 0) is 17.9 Å². The van der Waals surface area contributed by atoms with Gasteiger partial charge in [0.25, 0.3) is 0 Å². The fourth-order valence-corrected chi connectivity index (χ4v) is 6.59. The second kappa shape index (κ2) is 8.95. The molecule has 3 fully saturated rings. The Morgan fingerprint density at radius 2 is 1.74 bits per heavy atom. The predicted molar refractivity (Wildman–Crippen MR) is 134 cm³/mol. The molecular weight excluding hydrogens is 446 g/mol. The molecule has 1 spiro atoms. The molecule has 34 heavy (non-hydrogen) atoms. The number of para-hydroxylation sites is 1. The minimum Gasteiger partial charge on any atom is -0.464 e. The lowest BCUT2D eigenvalue weighted by Gasteiger charge is -2.36. The normalized spacial score (nSPS) is 22.9. The Bertz CT molecular complexity index is 1220. The van der Waals surface area contributed by atoms with Crippen LogP contribution in [0.1, 0.15) is 29.7 Å². The number of carbonyl (C=O) groups excluding carboxylic acids is 1. The van der Waals surface area contributed by atoms with Gasteiger partial charge >= 0.3 is 0 Å². The van der Waals surface area contributed by atoms with Crippen molar-refractivity contribution in [1.82, 2.24) is 14.7 Å². The van der Waals surface area contributed by atoms with Crippen molar-refractivity contribution in [1.29, 1.82) is 0 Å². The van der Waals surface area contributed by atoms with Crippen LogP contribution in [0.25, 0.3) is 11.0 Å². The summed E-state index contributed by atoms with van der Waals surface area (Å²) >= 11 is 1.81. The summed E-state index contributed by atoms with van der Waals surface area (Å²) in [6, 6.07) is 11.7. The van der Waals surface area contributed by atoms with Gasteiger partial charge < -0.3 is 9.32 Å². The van der Waals surface area contributed by atoms with E-state index >= 15 is 0 Å². The van der Waals surface area contributed by atoms with E-state index < -0.39 is 0 Å². The fraction of sp³-hybridized carbons (Fsp3) is 0.481. The highest BCUT2D eigenvalue weighted by atomic mass is 32.1. The van der Waals surface area contributed by atoms with Crippen LogP contribution in [0.2, 0.25) is 0 Å². The van der Waals surface area contributed by atoms with Gasteiger partial charge in [-0.25, -0.2) is 0 Å². The second-order valence-electron chi connectivity index (χ2n) is 10.2. The number of rotatable bonds is 5. The van der Waals surface area contributed by atoms with Crippen molar-refractivity contribution in [2.24, 2.45) is 11.3 Å². The minimum atomic E-state index is 0.0693. The van der Waals surface area contributed by atoms with Gasteiger partial charge in [0.05, 0.1) is 11.6 Å². The summed E-state index contributed by atoms with van der Waals surface area (Å²) in [7, 11) is 0. The Morgan fingerprint density at radius 1 is 0.971 bits per heavy atom. The molecule has 3 aliphatic rings. The zero-order valence-electron chi connectivity index (χ0n) is 19.4. The van der Waals surface area contributed by atoms with E-state index in [1.807, 2.05) is 24.3 Å². The zero-order chi connectivity index (χ0) is 23.1. The molecule has 0 radical (unpaired) electrons. The highest BCUT2D eigenvalue weighted by molar-refractivity contribution is 7.09. The average Bonchev–Trinajstić information content (AvgIpc) is 3.31. The molecule has 2 aromatic heterocycles. The summed E-state index contributed by atoms with van der Waals surface area (Å²) < 4.78 is 5.69. The third-order valence-corrected chi connectivity index (χ3v) is 8.99. The number of amides is 1. The molecule has 1 aromatic carbocycles. The van der Waals surface area contributed by atoms with E-state index in [1.54, 1.807) is 17.6 Å². The summed E-state index contributed by atoms with van der Waals surface area (Å²) in [5.41, 5.74) is 1.62. The van der Waals surface area contributed by atoms with E-state index in [0.717, 1.165) is 70.6 Å².